The molecule has 2 heterocycles. The zero-order valence-corrected chi connectivity index (χ0v) is 14.8. The average molecular weight is 321 g/mol. The molecular formula is C21H27N3. The maximum absolute atomic E-state index is 2.61. The van der Waals surface area contributed by atoms with Crippen molar-refractivity contribution in [1.29, 1.82) is 0 Å². The predicted octanol–water partition coefficient (Wildman–Crippen LogP) is 3.51. The summed E-state index contributed by atoms with van der Waals surface area (Å²) in [7, 11) is 4.38. The highest BCUT2D eigenvalue weighted by atomic mass is 15.2. The molecule has 126 valence electrons. The summed E-state index contributed by atoms with van der Waals surface area (Å²) in [4.78, 5) is 5.03. The Morgan fingerprint density at radius 2 is 1.58 bits per heavy atom. The van der Waals surface area contributed by atoms with E-state index in [1.807, 2.05) is 0 Å². The van der Waals surface area contributed by atoms with Gasteiger partial charge in [-0.05, 0) is 50.2 Å². The molecule has 1 aliphatic rings. The SMILES string of the molecule is CN1CCN(CCCc2ccc3c(c2)c2ccccc2n3C)CC1. The minimum absolute atomic E-state index is 1.17. The van der Waals surface area contributed by atoms with Crippen LogP contribution in [0, 0.1) is 0 Å². The third kappa shape index (κ3) is 2.94. The Kier molecular flexibility index (Phi) is 4.30. The highest BCUT2D eigenvalue weighted by Gasteiger charge is 2.13. The van der Waals surface area contributed by atoms with E-state index in [1.165, 1.54) is 72.9 Å². The molecule has 1 aromatic heterocycles. The molecular weight excluding hydrogens is 294 g/mol. The summed E-state index contributed by atoms with van der Waals surface area (Å²) >= 11 is 0. The smallest absolute Gasteiger partial charge is 0.0488 e. The number of aryl methyl sites for hydroxylation is 2. The fourth-order valence-electron chi connectivity index (χ4n) is 3.95. The molecule has 24 heavy (non-hydrogen) atoms. The molecule has 3 heteroatoms. The fraction of sp³-hybridized carbons (Fsp3) is 0.429. The number of rotatable bonds is 4. The molecule has 0 radical (unpaired) electrons. The zero-order valence-electron chi connectivity index (χ0n) is 14.8. The molecule has 2 aromatic carbocycles. The highest BCUT2D eigenvalue weighted by Crippen LogP contribution is 2.28. The van der Waals surface area contributed by atoms with E-state index in [-0.39, 0.29) is 0 Å². The van der Waals surface area contributed by atoms with Gasteiger partial charge in [-0.25, -0.2) is 0 Å². The van der Waals surface area contributed by atoms with E-state index in [4.69, 9.17) is 0 Å². The van der Waals surface area contributed by atoms with Crippen molar-refractivity contribution in [3.05, 3.63) is 48.0 Å². The van der Waals surface area contributed by atoms with E-state index in [9.17, 15) is 0 Å². The first-order chi connectivity index (χ1) is 11.7. The normalized spacial score (nSPS) is 17.1. The monoisotopic (exact) mass is 321 g/mol. The van der Waals surface area contributed by atoms with Gasteiger partial charge in [0.25, 0.3) is 0 Å². The van der Waals surface area contributed by atoms with Crippen LogP contribution in [0.15, 0.2) is 42.5 Å². The number of fused-ring (bicyclic) bond motifs is 3. The van der Waals surface area contributed by atoms with Crippen LogP contribution in [0.4, 0.5) is 0 Å². The molecule has 3 nitrogen and oxygen atoms in total. The summed E-state index contributed by atoms with van der Waals surface area (Å²) in [6.45, 7) is 6.09. The Balaban J connectivity index is 1.48. The molecule has 0 aliphatic carbocycles. The molecule has 0 N–H and O–H groups in total. The van der Waals surface area contributed by atoms with Crippen molar-refractivity contribution >= 4 is 21.8 Å². The lowest BCUT2D eigenvalue weighted by Gasteiger charge is -2.32. The molecule has 1 aliphatic heterocycles. The first kappa shape index (κ1) is 15.7. The van der Waals surface area contributed by atoms with Crippen molar-refractivity contribution in [2.45, 2.75) is 12.8 Å². The van der Waals surface area contributed by atoms with Gasteiger partial charge in [0, 0.05) is 55.0 Å². The highest BCUT2D eigenvalue weighted by molar-refractivity contribution is 6.08. The average Bonchev–Trinajstić information content (AvgIpc) is 2.90. The minimum Gasteiger partial charge on any atom is -0.344 e. The van der Waals surface area contributed by atoms with Gasteiger partial charge in [-0.3, -0.25) is 0 Å². The molecule has 0 bridgehead atoms. The number of nitrogens with zero attached hydrogens (tertiary/aromatic N) is 3. The van der Waals surface area contributed by atoms with E-state index in [0.717, 1.165) is 0 Å². The van der Waals surface area contributed by atoms with Gasteiger partial charge >= 0.3 is 0 Å². The van der Waals surface area contributed by atoms with E-state index in [1.54, 1.807) is 0 Å². The summed E-state index contributed by atoms with van der Waals surface area (Å²) in [6.07, 6.45) is 2.42. The quantitative estimate of drug-likeness (QED) is 0.728. The van der Waals surface area contributed by atoms with Crippen molar-refractivity contribution < 1.29 is 0 Å². The topological polar surface area (TPSA) is 11.4 Å². The second kappa shape index (κ2) is 6.58. The van der Waals surface area contributed by atoms with Crippen molar-refractivity contribution in [1.82, 2.24) is 14.4 Å². The van der Waals surface area contributed by atoms with Gasteiger partial charge in [-0.2, -0.15) is 0 Å². The second-order valence-corrected chi connectivity index (χ2v) is 7.18. The second-order valence-electron chi connectivity index (χ2n) is 7.18. The number of likely N-dealkylation sites (N-methyl/N-ethyl adjacent to an activating group) is 1. The molecule has 0 spiro atoms. The molecule has 4 rings (SSSR count). The third-order valence-electron chi connectivity index (χ3n) is 5.51. The summed E-state index contributed by atoms with van der Waals surface area (Å²) in [6, 6.07) is 15.7. The Morgan fingerprint density at radius 3 is 2.42 bits per heavy atom. The van der Waals surface area contributed by atoms with E-state index < -0.39 is 0 Å². The van der Waals surface area contributed by atoms with Gasteiger partial charge in [0.05, 0.1) is 0 Å². The summed E-state index contributed by atoms with van der Waals surface area (Å²) in [5, 5.41) is 2.76. The van der Waals surface area contributed by atoms with Crippen LogP contribution in [0.2, 0.25) is 0 Å². The van der Waals surface area contributed by atoms with Crippen LogP contribution < -0.4 is 0 Å². The first-order valence-corrected chi connectivity index (χ1v) is 9.09. The standard InChI is InChI=1S/C21H27N3/c1-22-12-14-24(15-13-22)11-5-6-17-9-10-21-19(16-17)18-7-3-4-8-20(18)23(21)2/h3-4,7-10,16H,5-6,11-15H2,1-2H3. The molecule has 0 atom stereocenters. The summed E-state index contributed by atoms with van der Waals surface area (Å²) < 4.78 is 2.30. The Hall–Kier alpha value is -1.84. The summed E-state index contributed by atoms with van der Waals surface area (Å²) in [5.74, 6) is 0. The van der Waals surface area contributed by atoms with E-state index in [2.05, 4.69) is 70.9 Å². The van der Waals surface area contributed by atoms with Crippen molar-refractivity contribution in [3.63, 3.8) is 0 Å². The number of piperazine rings is 1. The largest absolute Gasteiger partial charge is 0.344 e. The lowest BCUT2D eigenvalue weighted by atomic mass is 10.1. The van der Waals surface area contributed by atoms with Gasteiger partial charge in [0.15, 0.2) is 0 Å². The Morgan fingerprint density at radius 1 is 0.833 bits per heavy atom. The molecule has 1 fully saturated rings. The van der Waals surface area contributed by atoms with Crippen LogP contribution in [0.3, 0.4) is 0 Å². The molecule has 0 amide bonds. The Bertz CT molecular complexity index is 841. The van der Waals surface area contributed by atoms with Crippen LogP contribution >= 0.6 is 0 Å². The summed E-state index contributed by atoms with van der Waals surface area (Å²) in [5.41, 5.74) is 4.12. The maximum Gasteiger partial charge on any atom is 0.0488 e. The van der Waals surface area contributed by atoms with Gasteiger partial charge in [-0.1, -0.05) is 24.3 Å². The van der Waals surface area contributed by atoms with E-state index >= 15 is 0 Å². The minimum atomic E-state index is 1.17. The Labute approximate surface area is 144 Å². The predicted molar refractivity (Wildman–Crippen MR) is 103 cm³/mol. The van der Waals surface area contributed by atoms with Gasteiger partial charge in [0.1, 0.15) is 0 Å². The number of hydrogen-bond acceptors (Lipinski definition) is 2. The number of aromatic nitrogens is 1. The third-order valence-corrected chi connectivity index (χ3v) is 5.51. The lowest BCUT2D eigenvalue weighted by Crippen LogP contribution is -2.44. The van der Waals surface area contributed by atoms with Gasteiger partial charge in [-0.15, -0.1) is 0 Å². The van der Waals surface area contributed by atoms with Crippen LogP contribution in [0.1, 0.15) is 12.0 Å². The van der Waals surface area contributed by atoms with Crippen LogP contribution in [0.25, 0.3) is 21.8 Å². The van der Waals surface area contributed by atoms with Crippen molar-refractivity contribution in [2.75, 3.05) is 39.8 Å². The number of para-hydroxylation sites is 1. The molecule has 3 aromatic rings. The first-order valence-electron chi connectivity index (χ1n) is 9.09. The van der Waals surface area contributed by atoms with Crippen molar-refractivity contribution in [3.8, 4) is 0 Å². The molecule has 0 unspecified atom stereocenters. The van der Waals surface area contributed by atoms with Crippen LogP contribution in [-0.4, -0.2) is 54.1 Å². The fourth-order valence-corrected chi connectivity index (χ4v) is 3.95. The maximum atomic E-state index is 2.61. The lowest BCUT2D eigenvalue weighted by molar-refractivity contribution is 0.153. The number of hydrogen-bond donors (Lipinski definition) is 0. The number of benzene rings is 2. The van der Waals surface area contributed by atoms with Gasteiger partial charge in [0.2, 0.25) is 0 Å². The van der Waals surface area contributed by atoms with Crippen molar-refractivity contribution in [2.24, 2.45) is 7.05 Å². The molecule has 1 saturated heterocycles. The van der Waals surface area contributed by atoms with Crippen LogP contribution in [0.5, 0.6) is 0 Å². The zero-order chi connectivity index (χ0) is 16.5. The van der Waals surface area contributed by atoms with Crippen LogP contribution in [-0.2, 0) is 13.5 Å². The van der Waals surface area contributed by atoms with E-state index in [0.29, 0.717) is 0 Å². The van der Waals surface area contributed by atoms with Gasteiger partial charge < -0.3 is 14.4 Å². The molecule has 0 saturated carbocycles.